The van der Waals surface area contributed by atoms with Gasteiger partial charge in [0.25, 0.3) is 0 Å². The van der Waals surface area contributed by atoms with Gasteiger partial charge in [-0.1, -0.05) is 0 Å². The molecule has 0 aliphatic heterocycles. The molecule has 5 heavy (non-hydrogen) atoms. The largest absolute Gasteiger partial charge is 0.373 e. The Morgan fingerprint density at radius 1 is 1.20 bits per heavy atom. The molecule has 0 spiro atoms. The minimum Gasteiger partial charge on any atom is -0.373 e. The fraction of sp³-hybridized carbons (Fsp3) is 0. The predicted molar refractivity (Wildman–Crippen MR) is 15.1 cm³/mol. The second-order valence-electron chi connectivity index (χ2n) is 0.0894. The van der Waals surface area contributed by atoms with Crippen molar-refractivity contribution in [2.24, 2.45) is 0 Å². The standard InChI is InChI=1S/Cu.N3.H3N/c;1-3-2;/h;;1H3/q;-1;. The average molecular weight is 123 g/mol. The van der Waals surface area contributed by atoms with Gasteiger partial charge in [0.1, 0.15) is 0 Å². The quantitative estimate of drug-likeness (QED) is 0.221. The Labute approximate surface area is 40.0 Å². The molecule has 0 amide bonds. The SMILES string of the molecule is N.[Cu].[N-]=[N+]=[N-]. The fourth-order valence-electron chi connectivity index (χ4n) is 0. The van der Waals surface area contributed by atoms with E-state index < -0.39 is 0 Å². The van der Waals surface area contributed by atoms with Gasteiger partial charge < -0.3 is 17.2 Å². The number of nitrogens with zero attached hydrogens (tertiary/aromatic N) is 3. The van der Waals surface area contributed by atoms with Crippen LogP contribution >= 0.6 is 0 Å². The van der Waals surface area contributed by atoms with Gasteiger partial charge in [-0.15, -0.1) is 0 Å². The third kappa shape index (κ3) is 274. The van der Waals surface area contributed by atoms with Gasteiger partial charge in [0, 0.05) is 17.1 Å². The molecule has 0 heterocycles. The Morgan fingerprint density at radius 2 is 1.20 bits per heavy atom. The predicted octanol–water partition coefficient (Wildman–Crippen LogP) is 1.03. The van der Waals surface area contributed by atoms with Gasteiger partial charge in [0.05, 0.1) is 0 Å². The van der Waals surface area contributed by atoms with Crippen LogP contribution in [-0.4, -0.2) is 0 Å². The summed E-state index contributed by atoms with van der Waals surface area (Å²) in [5.41, 5.74) is 13.5. The maximum Gasteiger partial charge on any atom is 0 e. The molecule has 0 bridgehead atoms. The summed E-state index contributed by atoms with van der Waals surface area (Å²) < 4.78 is 0. The smallest absolute Gasteiger partial charge is 0 e. The zero-order valence-corrected chi connectivity index (χ0v) is 3.29. The molecule has 3 N–H and O–H groups in total. The average Bonchev–Trinajstić information content (AvgIpc) is 0.918. The van der Waals surface area contributed by atoms with Gasteiger partial charge in [-0.2, -0.15) is 0 Å². The monoisotopic (exact) mass is 122 g/mol. The van der Waals surface area contributed by atoms with E-state index in [1.54, 1.807) is 0 Å². The molecule has 0 aromatic heterocycles. The van der Waals surface area contributed by atoms with Crippen molar-refractivity contribution in [1.29, 1.82) is 0 Å². The van der Waals surface area contributed by atoms with E-state index in [2.05, 4.69) is 0 Å². The topological polar surface area (TPSA) is 93.7 Å². The molecule has 0 saturated carbocycles. The molecule has 5 heteroatoms. The van der Waals surface area contributed by atoms with E-state index in [0.717, 1.165) is 0 Å². The fourth-order valence-corrected chi connectivity index (χ4v) is 0. The summed E-state index contributed by atoms with van der Waals surface area (Å²) in [7, 11) is 0. The van der Waals surface area contributed by atoms with E-state index in [9.17, 15) is 0 Å². The molecule has 0 aliphatic carbocycles. The Hall–Kier alpha value is -0.211. The molecule has 0 unspecified atom stereocenters. The molecule has 0 aliphatic rings. The van der Waals surface area contributed by atoms with E-state index in [4.69, 9.17) is 11.1 Å². The van der Waals surface area contributed by atoms with Crippen LogP contribution in [0.3, 0.4) is 0 Å². The van der Waals surface area contributed by atoms with Crippen molar-refractivity contribution >= 4 is 0 Å². The summed E-state index contributed by atoms with van der Waals surface area (Å²) in [5.74, 6) is 0. The van der Waals surface area contributed by atoms with Crippen molar-refractivity contribution in [3.05, 3.63) is 16.0 Å². The van der Waals surface area contributed by atoms with Crippen LogP contribution in [-0.2, 0) is 17.1 Å². The normalized spacial score (nSPS) is 1.60. The van der Waals surface area contributed by atoms with Gasteiger partial charge >= 0.3 is 0 Å². The van der Waals surface area contributed by atoms with Gasteiger partial charge in [-0.05, 0) is 0 Å². The van der Waals surface area contributed by atoms with Gasteiger partial charge in [0.15, 0.2) is 0 Å². The Balaban J connectivity index is -0.0000000200. The maximum absolute atomic E-state index is 6.75. The van der Waals surface area contributed by atoms with Crippen molar-refractivity contribution in [1.82, 2.24) is 6.15 Å². The zero-order chi connectivity index (χ0) is 2.71. The van der Waals surface area contributed by atoms with E-state index >= 15 is 0 Å². The molecular formula is H3CuN4-. The van der Waals surface area contributed by atoms with Crippen LogP contribution in [0.1, 0.15) is 0 Å². The minimum absolute atomic E-state index is 0. The van der Waals surface area contributed by atoms with Crippen molar-refractivity contribution in [3.8, 4) is 0 Å². The molecular weight excluding hydrogens is 120 g/mol. The third-order valence-electron chi connectivity index (χ3n) is 0. The van der Waals surface area contributed by atoms with E-state index in [-0.39, 0.29) is 23.2 Å². The first kappa shape index (κ1) is 21.5. The molecule has 0 fully saturated rings. The molecule has 0 aromatic rings. The Kier molecular flexibility index (Phi) is 203. The first-order valence-electron chi connectivity index (χ1n) is 0.400. The van der Waals surface area contributed by atoms with E-state index in [0.29, 0.717) is 0 Å². The summed E-state index contributed by atoms with van der Waals surface area (Å²) in [4.78, 5) is 1.50. The van der Waals surface area contributed by atoms with Crippen molar-refractivity contribution in [3.63, 3.8) is 0 Å². The molecule has 1 radical (unpaired) electrons. The van der Waals surface area contributed by atoms with Crippen LogP contribution in [0.15, 0.2) is 0 Å². The second-order valence-corrected chi connectivity index (χ2v) is 0.0894. The van der Waals surface area contributed by atoms with Crippen LogP contribution in [0.25, 0.3) is 16.0 Å². The molecule has 0 aromatic carbocycles. The molecule has 0 saturated heterocycles. The number of hydrogen-bond donors (Lipinski definition) is 1. The summed E-state index contributed by atoms with van der Waals surface area (Å²) in [5, 5.41) is 0. The molecule has 4 nitrogen and oxygen atoms in total. The molecule has 0 rings (SSSR count). The molecule has 0 atom stereocenters. The number of rotatable bonds is 0. The van der Waals surface area contributed by atoms with Crippen molar-refractivity contribution < 1.29 is 17.1 Å². The van der Waals surface area contributed by atoms with Gasteiger partial charge in [-0.3, -0.25) is 4.91 Å². The number of hydrogen-bond acceptors (Lipinski definition) is 1. The van der Waals surface area contributed by atoms with Crippen LogP contribution < -0.4 is 6.15 Å². The summed E-state index contributed by atoms with van der Waals surface area (Å²) in [6.45, 7) is 0. The van der Waals surface area contributed by atoms with Crippen LogP contribution in [0.4, 0.5) is 0 Å². The summed E-state index contributed by atoms with van der Waals surface area (Å²) in [6.07, 6.45) is 0. The summed E-state index contributed by atoms with van der Waals surface area (Å²) in [6, 6.07) is 0. The first-order chi connectivity index (χ1) is 1.41. The molecule has 35 valence electrons. The second kappa shape index (κ2) is 47.3. The van der Waals surface area contributed by atoms with Gasteiger partial charge in [-0.25, -0.2) is 0 Å². The van der Waals surface area contributed by atoms with Crippen molar-refractivity contribution in [2.45, 2.75) is 0 Å². The maximum atomic E-state index is 6.75. The van der Waals surface area contributed by atoms with E-state index in [1.165, 1.54) is 4.91 Å². The first-order valence-corrected chi connectivity index (χ1v) is 0.400. The zero-order valence-electron chi connectivity index (χ0n) is 2.35. The van der Waals surface area contributed by atoms with Crippen LogP contribution in [0.5, 0.6) is 0 Å². The Bertz CT molecular complexity index is 24.6. The van der Waals surface area contributed by atoms with Crippen molar-refractivity contribution in [2.75, 3.05) is 0 Å². The van der Waals surface area contributed by atoms with Crippen LogP contribution in [0.2, 0.25) is 0 Å². The summed E-state index contributed by atoms with van der Waals surface area (Å²) >= 11 is 0. The minimum atomic E-state index is 0. The van der Waals surface area contributed by atoms with Gasteiger partial charge in [0.2, 0.25) is 0 Å². The van der Waals surface area contributed by atoms with E-state index in [1.807, 2.05) is 0 Å². The van der Waals surface area contributed by atoms with Crippen LogP contribution in [0, 0.1) is 0 Å². The Morgan fingerprint density at radius 3 is 1.20 bits per heavy atom. The third-order valence-corrected chi connectivity index (χ3v) is 0.